The predicted octanol–water partition coefficient (Wildman–Crippen LogP) is 5.08. The highest BCUT2D eigenvalue weighted by molar-refractivity contribution is 9.09. The minimum absolute atomic E-state index is 0.161. The molecule has 0 nitrogen and oxygen atoms in total. The minimum atomic E-state index is -0.161. The van der Waals surface area contributed by atoms with E-state index in [-0.39, 0.29) is 5.82 Å². The summed E-state index contributed by atoms with van der Waals surface area (Å²) < 4.78 is 13.8. The summed E-state index contributed by atoms with van der Waals surface area (Å²) in [7, 11) is 0. The van der Waals surface area contributed by atoms with E-state index >= 15 is 0 Å². The second-order valence-corrected chi connectivity index (χ2v) is 8.07. The van der Waals surface area contributed by atoms with Gasteiger partial charge in [-0.05, 0) is 67.4 Å². The lowest BCUT2D eigenvalue weighted by Crippen LogP contribution is -2.13. The molecule has 4 rings (SSSR count). The zero-order valence-electron chi connectivity index (χ0n) is 10.7. The van der Waals surface area contributed by atoms with E-state index < -0.39 is 0 Å². The van der Waals surface area contributed by atoms with Crippen molar-refractivity contribution in [2.24, 2.45) is 29.6 Å². The first kappa shape index (κ1) is 12.6. The van der Waals surface area contributed by atoms with Gasteiger partial charge in [0.15, 0.2) is 0 Å². The van der Waals surface area contributed by atoms with Gasteiger partial charge in [0.2, 0.25) is 0 Å². The van der Waals surface area contributed by atoms with Gasteiger partial charge in [0.1, 0.15) is 5.82 Å². The van der Waals surface area contributed by atoms with Crippen molar-refractivity contribution in [2.75, 3.05) is 0 Å². The lowest BCUT2D eigenvalue weighted by atomic mass is 9.97. The maximum atomic E-state index is 13.8. The molecular weight excluding hydrogens is 327 g/mol. The number of halogens is 3. The molecule has 19 heavy (non-hydrogen) atoms. The van der Waals surface area contributed by atoms with Crippen molar-refractivity contribution < 1.29 is 4.39 Å². The second kappa shape index (κ2) is 4.46. The van der Waals surface area contributed by atoms with Gasteiger partial charge in [-0.15, -0.1) is 0 Å². The Balaban J connectivity index is 1.50. The fraction of sp³-hybridized carbons (Fsp3) is 0.625. The van der Waals surface area contributed by atoms with Crippen LogP contribution in [0, 0.1) is 35.4 Å². The zero-order valence-corrected chi connectivity index (χ0v) is 13.0. The second-order valence-electron chi connectivity index (χ2n) is 6.49. The maximum Gasteiger partial charge on any atom is 0.127 e. The largest absolute Gasteiger partial charge is 0.207 e. The summed E-state index contributed by atoms with van der Waals surface area (Å²) in [6, 6.07) is 4.98. The minimum Gasteiger partial charge on any atom is -0.207 e. The van der Waals surface area contributed by atoms with Crippen molar-refractivity contribution in [3.63, 3.8) is 0 Å². The van der Waals surface area contributed by atoms with Crippen molar-refractivity contribution >= 4 is 27.5 Å². The van der Waals surface area contributed by atoms with Crippen LogP contribution in [0.25, 0.3) is 0 Å². The molecule has 0 spiro atoms. The van der Waals surface area contributed by atoms with Crippen molar-refractivity contribution in [2.45, 2.75) is 30.5 Å². The molecule has 0 aliphatic heterocycles. The average molecular weight is 344 g/mol. The summed E-state index contributed by atoms with van der Waals surface area (Å²) >= 11 is 9.95. The fourth-order valence-electron chi connectivity index (χ4n) is 4.93. The van der Waals surface area contributed by atoms with Crippen LogP contribution in [0.3, 0.4) is 0 Å². The average Bonchev–Trinajstić information content (AvgIpc) is 2.83. The molecule has 0 N–H and O–H groups in total. The molecule has 1 aromatic rings. The molecule has 1 aromatic carbocycles. The van der Waals surface area contributed by atoms with Crippen molar-refractivity contribution in [1.29, 1.82) is 0 Å². The molecule has 0 aromatic heterocycles. The molecule has 3 fully saturated rings. The molecule has 0 radical (unpaired) electrons. The van der Waals surface area contributed by atoms with E-state index in [0.29, 0.717) is 15.4 Å². The molecule has 3 heteroatoms. The molecule has 0 saturated heterocycles. The smallest absolute Gasteiger partial charge is 0.127 e. The Morgan fingerprint density at radius 2 is 1.95 bits per heavy atom. The third kappa shape index (κ3) is 1.90. The van der Waals surface area contributed by atoms with Gasteiger partial charge in [-0.3, -0.25) is 0 Å². The monoisotopic (exact) mass is 342 g/mol. The third-order valence-electron chi connectivity index (χ3n) is 5.67. The number of hydrogen-bond acceptors (Lipinski definition) is 0. The first-order valence-corrected chi connectivity index (χ1v) is 8.53. The Morgan fingerprint density at radius 3 is 2.58 bits per heavy atom. The van der Waals surface area contributed by atoms with Crippen LogP contribution in [-0.4, -0.2) is 4.83 Å². The maximum absolute atomic E-state index is 13.8. The number of rotatable bonds is 3. The normalized spacial score (nSPS) is 40.3. The molecule has 0 heterocycles. The van der Waals surface area contributed by atoms with Gasteiger partial charge in [-0.1, -0.05) is 33.6 Å². The highest BCUT2D eigenvalue weighted by Crippen LogP contribution is 2.71. The third-order valence-corrected chi connectivity index (χ3v) is 6.96. The van der Waals surface area contributed by atoms with Gasteiger partial charge in [0.25, 0.3) is 0 Å². The summed E-state index contributed by atoms with van der Waals surface area (Å²) in [5, 5.41) is 0.568. The number of benzene rings is 1. The summed E-state index contributed by atoms with van der Waals surface area (Å²) in [6.45, 7) is 0. The SMILES string of the molecule is Fc1cccc(Cl)c1CC(Br)C1C2C3CCC(C3)C12. The number of hydrogen-bond donors (Lipinski definition) is 0. The molecule has 3 saturated carbocycles. The Kier molecular flexibility index (Phi) is 2.97. The van der Waals surface area contributed by atoms with E-state index in [0.717, 1.165) is 36.0 Å². The van der Waals surface area contributed by atoms with Crippen molar-refractivity contribution in [3.8, 4) is 0 Å². The highest BCUT2D eigenvalue weighted by Gasteiger charge is 2.66. The van der Waals surface area contributed by atoms with Crippen LogP contribution >= 0.6 is 27.5 Å². The van der Waals surface area contributed by atoms with E-state index in [1.54, 1.807) is 12.1 Å². The number of alkyl halides is 1. The Hall–Kier alpha value is -0.0800. The quantitative estimate of drug-likeness (QED) is 0.672. The van der Waals surface area contributed by atoms with Gasteiger partial charge < -0.3 is 0 Å². The molecule has 5 atom stereocenters. The summed E-state index contributed by atoms with van der Waals surface area (Å²) in [4.78, 5) is 0.389. The lowest BCUT2D eigenvalue weighted by molar-refractivity contribution is 0.453. The van der Waals surface area contributed by atoms with E-state index in [9.17, 15) is 4.39 Å². The first-order chi connectivity index (χ1) is 9.16. The van der Waals surface area contributed by atoms with Crippen LogP contribution in [0.4, 0.5) is 4.39 Å². The fourth-order valence-corrected chi connectivity index (χ4v) is 6.20. The molecule has 2 bridgehead atoms. The Bertz CT molecular complexity index is 481. The van der Waals surface area contributed by atoms with E-state index in [4.69, 9.17) is 11.6 Å². The molecular formula is C16H17BrClF. The zero-order chi connectivity index (χ0) is 13.1. The van der Waals surface area contributed by atoms with Gasteiger partial charge >= 0.3 is 0 Å². The van der Waals surface area contributed by atoms with Gasteiger partial charge in [0.05, 0.1) is 0 Å². The van der Waals surface area contributed by atoms with E-state index in [1.165, 1.54) is 25.3 Å². The van der Waals surface area contributed by atoms with E-state index in [2.05, 4.69) is 15.9 Å². The Morgan fingerprint density at radius 1 is 1.26 bits per heavy atom. The summed E-state index contributed by atoms with van der Waals surface area (Å²) in [6.07, 6.45) is 5.06. The van der Waals surface area contributed by atoms with Crippen LogP contribution in [0.5, 0.6) is 0 Å². The molecule has 3 aliphatic rings. The molecule has 0 amide bonds. The van der Waals surface area contributed by atoms with Gasteiger partial charge in [-0.25, -0.2) is 4.39 Å². The highest BCUT2D eigenvalue weighted by atomic mass is 79.9. The van der Waals surface area contributed by atoms with Crippen LogP contribution in [-0.2, 0) is 6.42 Å². The van der Waals surface area contributed by atoms with Crippen LogP contribution in [0.1, 0.15) is 24.8 Å². The van der Waals surface area contributed by atoms with Crippen LogP contribution < -0.4 is 0 Å². The topological polar surface area (TPSA) is 0 Å². The van der Waals surface area contributed by atoms with Crippen LogP contribution in [0.15, 0.2) is 18.2 Å². The van der Waals surface area contributed by atoms with Crippen LogP contribution in [0.2, 0.25) is 5.02 Å². The standard InChI is InChI=1S/C16H17BrClF/c17-11(7-10-12(18)2-1-3-13(10)19)16-14-8-4-5-9(6-8)15(14)16/h1-3,8-9,11,14-16H,4-7H2. The van der Waals surface area contributed by atoms with Crippen molar-refractivity contribution in [3.05, 3.63) is 34.6 Å². The first-order valence-electron chi connectivity index (χ1n) is 7.23. The van der Waals surface area contributed by atoms with Gasteiger partial charge in [-0.2, -0.15) is 0 Å². The van der Waals surface area contributed by atoms with Crippen molar-refractivity contribution in [1.82, 2.24) is 0 Å². The summed E-state index contributed by atoms with van der Waals surface area (Å²) in [5.41, 5.74) is 0.684. The summed E-state index contributed by atoms with van der Waals surface area (Å²) in [5.74, 6) is 4.39. The lowest BCUT2D eigenvalue weighted by Gasteiger charge is -2.15. The van der Waals surface area contributed by atoms with E-state index in [1.807, 2.05) is 0 Å². The number of fused-ring (bicyclic) bond motifs is 5. The predicted molar refractivity (Wildman–Crippen MR) is 79.1 cm³/mol. The van der Waals surface area contributed by atoms with Gasteiger partial charge in [0, 0.05) is 15.4 Å². The molecule has 5 unspecified atom stereocenters. The molecule has 102 valence electrons. The Labute approximate surface area is 126 Å². The molecule has 3 aliphatic carbocycles.